The number of hydrogen-bond donors (Lipinski definition) is 1. The van der Waals surface area contributed by atoms with Crippen molar-refractivity contribution < 1.29 is 9.47 Å². The van der Waals surface area contributed by atoms with Crippen LogP contribution < -0.4 is 14.9 Å². The number of imidazole rings is 1. The zero-order valence-electron chi connectivity index (χ0n) is 17.3. The highest BCUT2D eigenvalue weighted by Crippen LogP contribution is 2.33. The molecule has 0 atom stereocenters. The molecule has 6 heteroatoms. The van der Waals surface area contributed by atoms with Crippen molar-refractivity contribution in [3.05, 3.63) is 83.6 Å². The Morgan fingerprint density at radius 2 is 1.77 bits per heavy atom. The van der Waals surface area contributed by atoms with Crippen molar-refractivity contribution in [1.29, 1.82) is 5.26 Å². The summed E-state index contributed by atoms with van der Waals surface area (Å²) in [4.78, 5) is 7.86. The highest BCUT2D eigenvalue weighted by atomic mass is 16.5. The molecule has 4 rings (SSSR count). The van der Waals surface area contributed by atoms with Gasteiger partial charge in [-0.05, 0) is 25.1 Å². The van der Waals surface area contributed by atoms with Gasteiger partial charge in [0.25, 0.3) is 0 Å². The third-order valence-corrected chi connectivity index (χ3v) is 5.01. The van der Waals surface area contributed by atoms with Crippen LogP contribution in [0.15, 0.2) is 66.9 Å². The molecule has 4 aromatic rings. The van der Waals surface area contributed by atoms with Gasteiger partial charge in [0.15, 0.2) is 11.5 Å². The number of hydrogen-bond acceptors (Lipinski definition) is 4. The Balaban J connectivity index is 1.55. The van der Waals surface area contributed by atoms with Gasteiger partial charge in [0.2, 0.25) is 0 Å². The molecule has 0 saturated heterocycles. The van der Waals surface area contributed by atoms with Crippen LogP contribution in [0.1, 0.15) is 16.7 Å². The number of H-pyrrole nitrogens is 1. The van der Waals surface area contributed by atoms with Gasteiger partial charge in [0.1, 0.15) is 20.3 Å². The second-order valence-electron chi connectivity index (χ2n) is 7.19. The van der Waals surface area contributed by atoms with E-state index in [4.69, 9.17) is 17.3 Å². The third-order valence-electron chi connectivity index (χ3n) is 5.01. The maximum atomic E-state index is 9.31. The highest BCUT2D eigenvalue weighted by Gasteiger charge is 2.11. The fraction of sp³-hybridized carbons (Fsp3) is 0.120. The van der Waals surface area contributed by atoms with Gasteiger partial charge in [-0.1, -0.05) is 53.5 Å². The summed E-state index contributed by atoms with van der Waals surface area (Å²) < 4.78 is 11.5. The average molecular weight is 405 g/mol. The lowest BCUT2D eigenvalue weighted by atomic mass is 9.92. The van der Waals surface area contributed by atoms with E-state index in [1.807, 2.05) is 30.3 Å². The predicted molar refractivity (Wildman–Crippen MR) is 122 cm³/mol. The van der Waals surface area contributed by atoms with Crippen molar-refractivity contribution in [1.82, 2.24) is 9.97 Å². The first kappa shape index (κ1) is 20.3. The largest absolute Gasteiger partial charge is 0.493 e. The number of nitrogens with zero attached hydrogens (tertiary/aromatic N) is 2. The lowest BCUT2D eigenvalue weighted by molar-refractivity contribution is 0.284. The molecule has 0 fully saturated rings. The van der Waals surface area contributed by atoms with Crippen molar-refractivity contribution in [2.45, 2.75) is 13.5 Å². The van der Waals surface area contributed by atoms with Gasteiger partial charge in [-0.15, -0.1) is 0 Å². The van der Waals surface area contributed by atoms with E-state index in [9.17, 15) is 5.26 Å². The first-order chi connectivity index (χ1) is 15.1. The molecule has 0 aliphatic carbocycles. The van der Waals surface area contributed by atoms with E-state index in [-0.39, 0.29) is 6.61 Å². The lowest BCUT2D eigenvalue weighted by Crippen LogP contribution is -2.06. The molecule has 1 heterocycles. The number of nitriles is 1. The topological polar surface area (TPSA) is 70.9 Å². The number of rotatable bonds is 6. The van der Waals surface area contributed by atoms with Gasteiger partial charge in [-0.2, -0.15) is 5.26 Å². The average Bonchev–Trinajstić information content (AvgIpc) is 3.29. The number of aromatic nitrogens is 2. The molecule has 3 aromatic carbocycles. The first-order valence-corrected chi connectivity index (χ1v) is 9.79. The van der Waals surface area contributed by atoms with Crippen molar-refractivity contribution in [3.8, 4) is 40.2 Å². The zero-order chi connectivity index (χ0) is 21.8. The number of aromatic amines is 1. The summed E-state index contributed by atoms with van der Waals surface area (Å²) in [6.45, 7) is 2.29. The van der Waals surface area contributed by atoms with Crippen LogP contribution in [-0.2, 0) is 6.61 Å². The zero-order valence-corrected chi connectivity index (χ0v) is 17.3. The molecule has 0 aliphatic heterocycles. The van der Waals surface area contributed by atoms with Crippen molar-refractivity contribution in [2.75, 3.05) is 7.11 Å². The summed E-state index contributed by atoms with van der Waals surface area (Å²) in [6.07, 6.45) is 1.80. The summed E-state index contributed by atoms with van der Waals surface area (Å²) in [5.74, 6) is 1.99. The molecule has 0 spiro atoms. The van der Waals surface area contributed by atoms with E-state index in [1.54, 1.807) is 31.5 Å². The smallest absolute Gasteiger partial charge is 0.161 e. The molecule has 1 aromatic heterocycles. The molecule has 150 valence electrons. The van der Waals surface area contributed by atoms with E-state index >= 15 is 0 Å². The summed E-state index contributed by atoms with van der Waals surface area (Å²) >= 11 is 0. The van der Waals surface area contributed by atoms with E-state index in [0.717, 1.165) is 28.2 Å². The van der Waals surface area contributed by atoms with Gasteiger partial charge in [-0.25, -0.2) is 4.98 Å². The first-order valence-electron chi connectivity index (χ1n) is 9.79. The van der Waals surface area contributed by atoms with Gasteiger partial charge in [-0.3, -0.25) is 0 Å². The van der Waals surface area contributed by atoms with Gasteiger partial charge >= 0.3 is 0 Å². The second kappa shape index (κ2) is 8.80. The minimum atomic E-state index is 0.237. The molecule has 0 saturated carbocycles. The van der Waals surface area contributed by atoms with Crippen LogP contribution >= 0.6 is 0 Å². The standard InChI is InChI=1S/C25H20BN3O2/c1-16-3-5-17(6-4-16)25-28-14-22(29-25)18-8-10-23(24(12-18)30-2)31-15-19-7-9-21(26)11-20(19)13-27/h3-12,14H,15H2,1-2H3,(H,28,29). The van der Waals surface area contributed by atoms with Crippen molar-refractivity contribution >= 4 is 13.3 Å². The lowest BCUT2D eigenvalue weighted by Gasteiger charge is -2.13. The summed E-state index contributed by atoms with van der Waals surface area (Å²) in [7, 11) is 7.35. The number of aryl methyl sites for hydroxylation is 1. The Labute approximate surface area is 182 Å². The van der Waals surface area contributed by atoms with E-state index < -0.39 is 0 Å². The third kappa shape index (κ3) is 4.46. The van der Waals surface area contributed by atoms with Crippen LogP contribution in [0.4, 0.5) is 0 Å². The molecule has 31 heavy (non-hydrogen) atoms. The van der Waals surface area contributed by atoms with Crippen LogP contribution in [0, 0.1) is 18.3 Å². The van der Waals surface area contributed by atoms with Gasteiger partial charge in [0.05, 0.1) is 30.6 Å². The van der Waals surface area contributed by atoms with Gasteiger partial charge < -0.3 is 14.5 Å². The van der Waals surface area contributed by atoms with Crippen LogP contribution in [0.5, 0.6) is 11.5 Å². The number of benzene rings is 3. The number of nitrogens with one attached hydrogen (secondary N) is 1. The SMILES string of the molecule is [B]c1ccc(COc2ccc(-c3cnc(-c4ccc(C)cc4)[nH]3)cc2OC)c(C#N)c1. The molecule has 2 radical (unpaired) electrons. The van der Waals surface area contributed by atoms with Crippen LogP contribution in [0.25, 0.3) is 22.6 Å². The molecule has 0 amide bonds. The normalized spacial score (nSPS) is 10.5. The number of ether oxygens (including phenoxy) is 2. The molecule has 0 bridgehead atoms. The molecular formula is C25H20BN3O2. The van der Waals surface area contributed by atoms with E-state index in [1.165, 1.54) is 5.56 Å². The second-order valence-corrected chi connectivity index (χ2v) is 7.19. The van der Waals surface area contributed by atoms with E-state index in [0.29, 0.717) is 22.5 Å². The Bertz CT molecular complexity index is 1260. The van der Waals surface area contributed by atoms with Crippen LogP contribution in [0.2, 0.25) is 0 Å². The Morgan fingerprint density at radius 1 is 1.00 bits per heavy atom. The monoisotopic (exact) mass is 405 g/mol. The molecule has 5 nitrogen and oxygen atoms in total. The van der Waals surface area contributed by atoms with Crippen LogP contribution in [0.3, 0.4) is 0 Å². The minimum Gasteiger partial charge on any atom is -0.493 e. The summed E-state index contributed by atoms with van der Waals surface area (Å²) in [5, 5.41) is 9.31. The van der Waals surface area contributed by atoms with E-state index in [2.05, 4.69) is 35.1 Å². The van der Waals surface area contributed by atoms with Crippen molar-refractivity contribution in [3.63, 3.8) is 0 Å². The molecular weight excluding hydrogens is 385 g/mol. The maximum absolute atomic E-state index is 9.31. The quantitative estimate of drug-likeness (QED) is 0.486. The van der Waals surface area contributed by atoms with Crippen LogP contribution in [-0.4, -0.2) is 24.9 Å². The Kier molecular flexibility index (Phi) is 5.77. The highest BCUT2D eigenvalue weighted by molar-refractivity contribution is 6.32. The molecule has 1 N–H and O–H groups in total. The van der Waals surface area contributed by atoms with Gasteiger partial charge in [0, 0.05) is 16.7 Å². The van der Waals surface area contributed by atoms with Crippen molar-refractivity contribution in [2.24, 2.45) is 0 Å². The Hall–Kier alpha value is -3.98. The Morgan fingerprint density at radius 3 is 2.52 bits per heavy atom. The summed E-state index contributed by atoms with van der Waals surface area (Å²) in [5.41, 5.74) is 5.85. The number of methoxy groups -OCH3 is 1. The fourth-order valence-corrected chi connectivity index (χ4v) is 3.26. The molecule has 0 aliphatic rings. The predicted octanol–water partition coefficient (Wildman–Crippen LogP) is 4.31. The maximum Gasteiger partial charge on any atom is 0.161 e. The molecule has 0 unspecified atom stereocenters. The summed E-state index contributed by atoms with van der Waals surface area (Å²) in [6, 6.07) is 21.2. The minimum absolute atomic E-state index is 0.237. The fourth-order valence-electron chi connectivity index (χ4n) is 3.26.